The Balaban J connectivity index is 2.02. The maximum atomic E-state index is 10.4. The fourth-order valence-electron chi connectivity index (χ4n) is 4.58. The van der Waals surface area contributed by atoms with Crippen LogP contribution in [0.3, 0.4) is 0 Å². The molecule has 2 heteroatoms. The van der Waals surface area contributed by atoms with Crippen molar-refractivity contribution >= 4 is 0 Å². The van der Waals surface area contributed by atoms with E-state index in [0.717, 1.165) is 25.7 Å². The first-order valence-corrected chi connectivity index (χ1v) is 6.78. The molecule has 0 amide bonds. The number of ether oxygens (including phenoxy) is 1. The molecule has 2 nitrogen and oxygen atoms in total. The first-order chi connectivity index (χ1) is 7.40. The minimum absolute atomic E-state index is 0.00944. The minimum Gasteiger partial charge on any atom is -0.392 e. The van der Waals surface area contributed by atoms with Crippen LogP contribution in [0.2, 0.25) is 0 Å². The van der Waals surface area contributed by atoms with Gasteiger partial charge in [0.1, 0.15) is 0 Å². The van der Waals surface area contributed by atoms with Gasteiger partial charge in [0, 0.05) is 5.41 Å². The summed E-state index contributed by atoms with van der Waals surface area (Å²) < 4.78 is 6.48. The molecule has 0 radical (unpaired) electrons. The van der Waals surface area contributed by atoms with E-state index in [1.807, 2.05) is 0 Å². The summed E-state index contributed by atoms with van der Waals surface area (Å²) in [6.45, 7) is 6.73. The monoisotopic (exact) mass is 224 g/mol. The summed E-state index contributed by atoms with van der Waals surface area (Å²) in [4.78, 5) is 0. The van der Waals surface area contributed by atoms with Crippen LogP contribution in [0.1, 0.15) is 59.3 Å². The Morgan fingerprint density at radius 1 is 1.12 bits per heavy atom. The van der Waals surface area contributed by atoms with E-state index in [4.69, 9.17) is 4.74 Å². The molecule has 1 spiro atoms. The van der Waals surface area contributed by atoms with Crippen molar-refractivity contribution < 1.29 is 9.84 Å². The number of hydrogen-bond acceptors (Lipinski definition) is 2. The highest BCUT2D eigenvalue weighted by atomic mass is 16.5. The fourth-order valence-corrected chi connectivity index (χ4v) is 4.58. The lowest BCUT2D eigenvalue weighted by Gasteiger charge is -2.54. The van der Waals surface area contributed by atoms with Gasteiger partial charge < -0.3 is 9.84 Å². The Morgan fingerprint density at radius 3 is 2.62 bits per heavy atom. The standard InChI is InChI=1S/C14H24O2/c1-12(2)10-6-8-13(3)11(15)5-4-7-14(13,9-10)16-12/h10-11,15H,4-9H2,1-3H3/t10-,11+,13-,14-/m0/s1. The Kier molecular flexibility index (Phi) is 2.09. The van der Waals surface area contributed by atoms with Crippen LogP contribution in [0.25, 0.3) is 0 Å². The maximum absolute atomic E-state index is 10.4. The molecular weight excluding hydrogens is 200 g/mol. The van der Waals surface area contributed by atoms with Crippen molar-refractivity contribution in [1.29, 1.82) is 0 Å². The lowest BCUT2D eigenvalue weighted by atomic mass is 9.55. The van der Waals surface area contributed by atoms with Gasteiger partial charge in [0.15, 0.2) is 0 Å². The average molecular weight is 224 g/mol. The molecule has 1 saturated heterocycles. The van der Waals surface area contributed by atoms with Gasteiger partial charge in [-0.3, -0.25) is 0 Å². The third kappa shape index (κ3) is 1.15. The molecule has 92 valence electrons. The van der Waals surface area contributed by atoms with E-state index in [0.29, 0.717) is 5.92 Å². The van der Waals surface area contributed by atoms with Crippen LogP contribution in [-0.2, 0) is 4.74 Å². The van der Waals surface area contributed by atoms with Crippen LogP contribution >= 0.6 is 0 Å². The third-order valence-electron chi connectivity index (χ3n) is 5.86. The molecule has 2 saturated carbocycles. The van der Waals surface area contributed by atoms with Crippen LogP contribution < -0.4 is 0 Å². The summed E-state index contributed by atoms with van der Waals surface area (Å²) in [7, 11) is 0. The number of hydrogen-bond donors (Lipinski definition) is 1. The normalized spacial score (nSPS) is 54.8. The van der Waals surface area contributed by atoms with Crippen LogP contribution in [-0.4, -0.2) is 22.4 Å². The Labute approximate surface area is 98.4 Å². The van der Waals surface area contributed by atoms with Gasteiger partial charge in [-0.1, -0.05) is 6.92 Å². The van der Waals surface area contributed by atoms with E-state index < -0.39 is 0 Å². The van der Waals surface area contributed by atoms with Gasteiger partial charge in [-0.05, 0) is 58.3 Å². The van der Waals surface area contributed by atoms with Gasteiger partial charge in [-0.2, -0.15) is 0 Å². The Hall–Kier alpha value is -0.0800. The van der Waals surface area contributed by atoms with E-state index in [9.17, 15) is 5.11 Å². The quantitative estimate of drug-likeness (QED) is 0.685. The second kappa shape index (κ2) is 3.02. The predicted molar refractivity (Wildman–Crippen MR) is 63.2 cm³/mol. The van der Waals surface area contributed by atoms with Crippen molar-refractivity contribution in [2.24, 2.45) is 11.3 Å². The van der Waals surface area contributed by atoms with Gasteiger partial charge >= 0.3 is 0 Å². The van der Waals surface area contributed by atoms with E-state index in [1.54, 1.807) is 0 Å². The number of fused-ring (bicyclic) bond motifs is 1. The molecule has 3 aliphatic rings. The number of rotatable bonds is 0. The van der Waals surface area contributed by atoms with Gasteiger partial charge in [0.25, 0.3) is 0 Å². The molecule has 3 rings (SSSR count). The Bertz CT molecular complexity index is 312. The zero-order valence-corrected chi connectivity index (χ0v) is 10.8. The molecule has 0 unspecified atom stereocenters. The largest absolute Gasteiger partial charge is 0.392 e. The van der Waals surface area contributed by atoms with Gasteiger partial charge in [-0.25, -0.2) is 0 Å². The molecule has 0 aromatic carbocycles. The SMILES string of the molecule is CC1(C)O[C@]23CCC[C@@H](O)[C@]2(C)CC[C@H]1C3. The molecule has 16 heavy (non-hydrogen) atoms. The molecule has 1 aliphatic heterocycles. The number of aliphatic hydroxyl groups excluding tert-OH is 1. The molecule has 2 bridgehead atoms. The lowest BCUT2D eigenvalue weighted by Crippen LogP contribution is -2.57. The molecule has 0 aromatic heterocycles. The van der Waals surface area contributed by atoms with Crippen molar-refractivity contribution in [2.45, 2.75) is 76.6 Å². The van der Waals surface area contributed by atoms with Crippen molar-refractivity contribution in [1.82, 2.24) is 0 Å². The molecule has 1 N–H and O–H groups in total. The molecular formula is C14H24O2. The summed E-state index contributed by atoms with van der Waals surface area (Å²) in [5.74, 6) is 0.700. The van der Waals surface area contributed by atoms with Crippen LogP contribution in [0.4, 0.5) is 0 Å². The highest BCUT2D eigenvalue weighted by Crippen LogP contribution is 2.63. The van der Waals surface area contributed by atoms with E-state index >= 15 is 0 Å². The second-order valence-corrected chi connectivity index (χ2v) is 6.97. The number of aliphatic hydroxyl groups is 1. The molecule has 0 aromatic rings. The van der Waals surface area contributed by atoms with Crippen molar-refractivity contribution in [2.75, 3.05) is 0 Å². The van der Waals surface area contributed by atoms with Gasteiger partial charge in [0.05, 0.1) is 17.3 Å². The van der Waals surface area contributed by atoms with Gasteiger partial charge in [-0.15, -0.1) is 0 Å². The van der Waals surface area contributed by atoms with Crippen molar-refractivity contribution in [3.63, 3.8) is 0 Å². The second-order valence-electron chi connectivity index (χ2n) is 6.97. The Morgan fingerprint density at radius 2 is 1.88 bits per heavy atom. The van der Waals surface area contributed by atoms with Crippen LogP contribution in [0.15, 0.2) is 0 Å². The summed E-state index contributed by atoms with van der Waals surface area (Å²) >= 11 is 0. The topological polar surface area (TPSA) is 29.5 Å². The maximum Gasteiger partial charge on any atom is 0.0771 e. The fraction of sp³-hybridized carbons (Fsp3) is 1.00. The summed E-state index contributed by atoms with van der Waals surface area (Å²) in [5.41, 5.74) is 0.0153. The first kappa shape index (κ1) is 11.0. The highest BCUT2D eigenvalue weighted by Gasteiger charge is 2.65. The smallest absolute Gasteiger partial charge is 0.0771 e. The average Bonchev–Trinajstić information content (AvgIpc) is 2.41. The molecule has 1 heterocycles. The summed E-state index contributed by atoms with van der Waals surface area (Å²) in [6, 6.07) is 0. The van der Waals surface area contributed by atoms with Crippen molar-refractivity contribution in [3.05, 3.63) is 0 Å². The van der Waals surface area contributed by atoms with E-state index in [-0.39, 0.29) is 22.7 Å². The molecule has 2 aliphatic carbocycles. The minimum atomic E-state index is -0.156. The summed E-state index contributed by atoms with van der Waals surface area (Å²) in [6.07, 6.45) is 6.63. The zero-order chi connectivity index (χ0) is 11.6. The third-order valence-corrected chi connectivity index (χ3v) is 5.86. The van der Waals surface area contributed by atoms with Gasteiger partial charge in [0.2, 0.25) is 0 Å². The van der Waals surface area contributed by atoms with E-state index in [2.05, 4.69) is 20.8 Å². The zero-order valence-electron chi connectivity index (χ0n) is 10.8. The predicted octanol–water partition coefficient (Wildman–Crippen LogP) is 2.89. The molecule has 4 atom stereocenters. The summed E-state index contributed by atoms with van der Waals surface area (Å²) in [5, 5.41) is 10.4. The molecule has 3 fully saturated rings. The highest BCUT2D eigenvalue weighted by molar-refractivity contribution is 5.14. The first-order valence-electron chi connectivity index (χ1n) is 6.78. The van der Waals surface area contributed by atoms with Crippen LogP contribution in [0.5, 0.6) is 0 Å². The van der Waals surface area contributed by atoms with Crippen LogP contribution in [0, 0.1) is 11.3 Å². The lowest BCUT2D eigenvalue weighted by molar-refractivity contribution is -0.203. The van der Waals surface area contributed by atoms with E-state index in [1.165, 1.54) is 12.8 Å². The van der Waals surface area contributed by atoms with Crippen molar-refractivity contribution in [3.8, 4) is 0 Å².